The summed E-state index contributed by atoms with van der Waals surface area (Å²) >= 11 is 0. The van der Waals surface area contributed by atoms with Crippen molar-refractivity contribution in [3.8, 4) is 0 Å². The lowest BCUT2D eigenvalue weighted by Gasteiger charge is -2.33. The summed E-state index contributed by atoms with van der Waals surface area (Å²) in [5.41, 5.74) is 2.46. The fourth-order valence-electron chi connectivity index (χ4n) is 3.46. The Morgan fingerprint density at radius 2 is 1.85 bits per heavy atom. The fourth-order valence-corrected chi connectivity index (χ4v) is 3.46. The average Bonchev–Trinajstić information content (AvgIpc) is 2.80. The van der Waals surface area contributed by atoms with Crippen molar-refractivity contribution in [2.24, 2.45) is 0 Å². The number of hydrogen-bond acceptors (Lipinski definition) is 3. The SMILES string of the molecule is Cl.c1cnc2cc(N3CCN4CCC3CC4)ccc2c1. The van der Waals surface area contributed by atoms with Crippen LogP contribution in [0.1, 0.15) is 12.8 Å². The first-order valence-electron chi connectivity index (χ1n) is 7.24. The number of piperidine rings is 1. The Balaban J connectivity index is 0.00000121. The van der Waals surface area contributed by atoms with Gasteiger partial charge in [0.2, 0.25) is 0 Å². The molecule has 4 heteroatoms. The monoisotopic (exact) mass is 289 g/mol. The van der Waals surface area contributed by atoms with Crippen LogP contribution in [0.4, 0.5) is 5.69 Å². The molecule has 3 nitrogen and oxygen atoms in total. The minimum Gasteiger partial charge on any atom is -0.367 e. The molecule has 20 heavy (non-hydrogen) atoms. The maximum Gasteiger partial charge on any atom is 0.0722 e. The highest BCUT2D eigenvalue weighted by molar-refractivity contribution is 5.85. The van der Waals surface area contributed by atoms with E-state index in [0.29, 0.717) is 0 Å². The lowest BCUT2D eigenvalue weighted by Crippen LogP contribution is -2.37. The standard InChI is InChI=1S/C16H19N3.ClH/c1-2-13-3-4-15(12-16(13)17-7-1)19-11-10-18-8-5-14(19)6-9-18;/h1-4,7,12,14H,5-6,8-11H2;1H. The highest BCUT2D eigenvalue weighted by Gasteiger charge is 2.29. The van der Waals surface area contributed by atoms with Gasteiger partial charge in [0.1, 0.15) is 0 Å². The maximum atomic E-state index is 4.48. The molecule has 0 amide bonds. The number of pyridine rings is 1. The van der Waals surface area contributed by atoms with Gasteiger partial charge in [-0.1, -0.05) is 12.1 Å². The van der Waals surface area contributed by atoms with Gasteiger partial charge in [-0.2, -0.15) is 0 Å². The number of anilines is 1. The van der Waals surface area contributed by atoms with E-state index in [9.17, 15) is 0 Å². The number of rotatable bonds is 1. The van der Waals surface area contributed by atoms with Crippen LogP contribution in [0.15, 0.2) is 36.5 Å². The molecule has 0 spiro atoms. The topological polar surface area (TPSA) is 19.4 Å². The van der Waals surface area contributed by atoms with E-state index in [0.717, 1.165) is 18.1 Å². The molecule has 3 aliphatic rings. The minimum absolute atomic E-state index is 0. The van der Waals surface area contributed by atoms with Gasteiger partial charge < -0.3 is 9.80 Å². The van der Waals surface area contributed by atoms with Crippen molar-refractivity contribution in [2.75, 3.05) is 31.1 Å². The predicted octanol–water partition coefficient (Wildman–Crippen LogP) is 2.94. The summed E-state index contributed by atoms with van der Waals surface area (Å²) in [6.07, 6.45) is 4.49. The van der Waals surface area contributed by atoms with E-state index in [1.807, 2.05) is 12.3 Å². The highest BCUT2D eigenvalue weighted by Crippen LogP contribution is 2.28. The van der Waals surface area contributed by atoms with Crippen molar-refractivity contribution in [3.63, 3.8) is 0 Å². The Labute approximate surface area is 126 Å². The van der Waals surface area contributed by atoms with Gasteiger partial charge in [-0.15, -0.1) is 12.4 Å². The van der Waals surface area contributed by atoms with Gasteiger partial charge in [0.05, 0.1) is 5.52 Å². The van der Waals surface area contributed by atoms with Crippen LogP contribution < -0.4 is 4.90 Å². The molecule has 2 aromatic rings. The first kappa shape index (κ1) is 13.7. The van der Waals surface area contributed by atoms with E-state index in [4.69, 9.17) is 0 Å². The molecule has 3 aliphatic heterocycles. The van der Waals surface area contributed by atoms with Gasteiger partial charge in [-0.05, 0) is 31.0 Å². The largest absolute Gasteiger partial charge is 0.367 e. The molecule has 0 N–H and O–H groups in total. The third-order valence-electron chi connectivity index (χ3n) is 4.58. The summed E-state index contributed by atoms with van der Waals surface area (Å²) in [6.45, 7) is 4.90. The molecule has 0 unspecified atom stereocenters. The summed E-state index contributed by atoms with van der Waals surface area (Å²) in [7, 11) is 0. The highest BCUT2D eigenvalue weighted by atomic mass is 35.5. The molecule has 4 heterocycles. The minimum atomic E-state index is 0. The second kappa shape index (κ2) is 5.58. The van der Waals surface area contributed by atoms with E-state index >= 15 is 0 Å². The molecule has 3 fully saturated rings. The van der Waals surface area contributed by atoms with E-state index in [1.165, 1.54) is 43.5 Å². The first-order chi connectivity index (χ1) is 9.40. The summed E-state index contributed by atoms with van der Waals surface area (Å²) < 4.78 is 0. The number of hydrogen-bond donors (Lipinski definition) is 0. The first-order valence-corrected chi connectivity index (χ1v) is 7.24. The molecule has 0 saturated carbocycles. The Kier molecular flexibility index (Phi) is 3.81. The number of benzene rings is 1. The molecule has 1 aromatic carbocycles. The molecule has 1 aromatic heterocycles. The molecule has 5 rings (SSSR count). The van der Waals surface area contributed by atoms with E-state index in [-0.39, 0.29) is 12.4 Å². The Bertz CT molecular complexity index is 593. The second-order valence-corrected chi connectivity index (χ2v) is 5.65. The molecular weight excluding hydrogens is 270 g/mol. The molecule has 0 aliphatic carbocycles. The third-order valence-corrected chi connectivity index (χ3v) is 4.58. The molecule has 2 bridgehead atoms. The van der Waals surface area contributed by atoms with Crippen LogP contribution in [0.2, 0.25) is 0 Å². The van der Waals surface area contributed by atoms with E-state index < -0.39 is 0 Å². The van der Waals surface area contributed by atoms with Crippen LogP contribution in [0.5, 0.6) is 0 Å². The second-order valence-electron chi connectivity index (χ2n) is 5.65. The van der Waals surface area contributed by atoms with Gasteiger partial charge in [0.25, 0.3) is 0 Å². The number of aromatic nitrogens is 1. The van der Waals surface area contributed by atoms with Crippen molar-refractivity contribution >= 4 is 29.0 Å². The zero-order valence-corrected chi connectivity index (χ0v) is 12.4. The zero-order chi connectivity index (χ0) is 12.7. The van der Waals surface area contributed by atoms with Crippen molar-refractivity contribution in [1.29, 1.82) is 0 Å². The van der Waals surface area contributed by atoms with Gasteiger partial charge in [0.15, 0.2) is 0 Å². The smallest absolute Gasteiger partial charge is 0.0722 e. The predicted molar refractivity (Wildman–Crippen MR) is 85.8 cm³/mol. The van der Waals surface area contributed by atoms with Crippen LogP contribution >= 0.6 is 12.4 Å². The summed E-state index contributed by atoms with van der Waals surface area (Å²) in [5.74, 6) is 0. The van der Waals surface area contributed by atoms with Crippen LogP contribution in [0.3, 0.4) is 0 Å². The van der Waals surface area contributed by atoms with Gasteiger partial charge in [0, 0.05) is 49.5 Å². The van der Waals surface area contributed by atoms with Crippen molar-refractivity contribution < 1.29 is 0 Å². The van der Waals surface area contributed by atoms with E-state index in [2.05, 4.69) is 39.0 Å². The fraction of sp³-hybridized carbons (Fsp3) is 0.438. The average molecular weight is 290 g/mol. The Hall–Kier alpha value is -1.32. The van der Waals surface area contributed by atoms with Crippen LogP contribution in [-0.4, -0.2) is 42.1 Å². The normalized spacial score (nSPS) is 25.3. The maximum absolute atomic E-state index is 4.48. The number of halogens is 1. The Morgan fingerprint density at radius 3 is 2.70 bits per heavy atom. The van der Waals surface area contributed by atoms with Crippen LogP contribution in [-0.2, 0) is 0 Å². The van der Waals surface area contributed by atoms with Crippen molar-refractivity contribution in [2.45, 2.75) is 18.9 Å². The third kappa shape index (κ3) is 2.36. The number of fused-ring (bicyclic) bond motifs is 5. The summed E-state index contributed by atoms with van der Waals surface area (Å²) in [6, 6.07) is 11.6. The van der Waals surface area contributed by atoms with Gasteiger partial charge in [-0.3, -0.25) is 4.98 Å². The van der Waals surface area contributed by atoms with Crippen LogP contribution in [0.25, 0.3) is 10.9 Å². The molecular formula is C16H20ClN3. The lowest BCUT2D eigenvalue weighted by atomic mass is 10.0. The molecule has 0 atom stereocenters. The quantitative estimate of drug-likeness (QED) is 0.805. The lowest BCUT2D eigenvalue weighted by molar-refractivity contribution is 0.250. The van der Waals surface area contributed by atoms with Gasteiger partial charge >= 0.3 is 0 Å². The Morgan fingerprint density at radius 1 is 1.00 bits per heavy atom. The molecule has 3 saturated heterocycles. The zero-order valence-electron chi connectivity index (χ0n) is 11.5. The van der Waals surface area contributed by atoms with Crippen LogP contribution in [0, 0.1) is 0 Å². The molecule has 106 valence electrons. The van der Waals surface area contributed by atoms with Gasteiger partial charge in [-0.25, -0.2) is 0 Å². The van der Waals surface area contributed by atoms with Crippen molar-refractivity contribution in [3.05, 3.63) is 36.5 Å². The van der Waals surface area contributed by atoms with E-state index in [1.54, 1.807) is 0 Å². The number of nitrogens with zero attached hydrogens (tertiary/aromatic N) is 3. The molecule has 0 radical (unpaired) electrons. The summed E-state index contributed by atoms with van der Waals surface area (Å²) in [5, 5.41) is 1.23. The van der Waals surface area contributed by atoms with Crippen molar-refractivity contribution in [1.82, 2.24) is 9.88 Å². The summed E-state index contributed by atoms with van der Waals surface area (Å²) in [4.78, 5) is 9.68.